The average molecular weight is 629 g/mol. The third-order valence-corrected chi connectivity index (χ3v) is 7.25. The highest BCUT2D eigenvalue weighted by Gasteiger charge is 2.26. The Balaban J connectivity index is 4.58. The smallest absolute Gasteiger partial charge is 0.309 e. The van der Waals surface area contributed by atoms with Gasteiger partial charge < -0.3 is 14.2 Å². The van der Waals surface area contributed by atoms with E-state index >= 15 is 0 Å². The van der Waals surface area contributed by atoms with E-state index < -0.39 is 6.10 Å². The summed E-state index contributed by atoms with van der Waals surface area (Å²) in [5, 5.41) is 0. The van der Waals surface area contributed by atoms with Crippen LogP contribution in [0.3, 0.4) is 0 Å². The Morgan fingerprint density at radius 3 is 1.42 bits per heavy atom. The molecule has 0 saturated heterocycles. The number of rotatable bonds is 28. The van der Waals surface area contributed by atoms with Crippen molar-refractivity contribution in [2.24, 2.45) is 11.8 Å². The minimum Gasteiger partial charge on any atom is -0.462 e. The maximum absolute atomic E-state index is 12.9. The van der Waals surface area contributed by atoms with Crippen LogP contribution in [0.5, 0.6) is 0 Å². The van der Waals surface area contributed by atoms with Gasteiger partial charge in [-0.2, -0.15) is 0 Å². The van der Waals surface area contributed by atoms with Crippen LogP contribution >= 0.6 is 0 Å². The molecule has 0 aromatic rings. The normalized spacial score (nSPS) is 13.0. The third kappa shape index (κ3) is 25.0. The fraction of sp³-hybridized carbons (Fsp3) is 0.667. The summed E-state index contributed by atoms with van der Waals surface area (Å²) >= 11 is 0. The molecule has 1 unspecified atom stereocenters. The summed E-state index contributed by atoms with van der Waals surface area (Å²) < 4.78 is 16.8. The van der Waals surface area contributed by atoms with Gasteiger partial charge in [0.2, 0.25) is 0 Å². The summed E-state index contributed by atoms with van der Waals surface area (Å²) in [6, 6.07) is 0. The van der Waals surface area contributed by atoms with Gasteiger partial charge in [0.05, 0.1) is 11.8 Å². The van der Waals surface area contributed by atoms with E-state index in [-0.39, 0.29) is 49.4 Å². The lowest BCUT2D eigenvalue weighted by Crippen LogP contribution is -2.34. The van der Waals surface area contributed by atoms with Crippen molar-refractivity contribution in [1.82, 2.24) is 0 Å². The molecule has 0 N–H and O–H groups in total. The number of esters is 3. The van der Waals surface area contributed by atoms with E-state index in [9.17, 15) is 14.4 Å². The second-order valence-corrected chi connectivity index (χ2v) is 11.5. The molecule has 0 heterocycles. The van der Waals surface area contributed by atoms with Crippen molar-refractivity contribution < 1.29 is 28.6 Å². The minimum absolute atomic E-state index is 0.104. The molecule has 6 nitrogen and oxygen atoms in total. The van der Waals surface area contributed by atoms with Gasteiger partial charge in [-0.25, -0.2) is 0 Å². The molecular weight excluding hydrogens is 564 g/mol. The predicted molar refractivity (Wildman–Crippen MR) is 187 cm³/mol. The highest BCUT2D eigenvalue weighted by atomic mass is 16.6. The van der Waals surface area contributed by atoms with Crippen molar-refractivity contribution in [3.8, 4) is 0 Å². The van der Waals surface area contributed by atoms with Crippen LogP contribution in [0.2, 0.25) is 0 Å². The van der Waals surface area contributed by atoms with E-state index in [1.807, 2.05) is 27.7 Å². The molecular formula is C39H64O6. The number of carbonyl (C=O) groups is 3. The van der Waals surface area contributed by atoms with E-state index in [0.717, 1.165) is 89.9 Å². The van der Waals surface area contributed by atoms with Gasteiger partial charge in [-0.15, -0.1) is 0 Å². The Labute approximate surface area is 275 Å². The molecule has 0 radical (unpaired) electrons. The molecule has 0 aromatic heterocycles. The Morgan fingerprint density at radius 2 is 0.956 bits per heavy atom. The predicted octanol–water partition coefficient (Wildman–Crippen LogP) is 10.3. The molecule has 0 aliphatic carbocycles. The van der Waals surface area contributed by atoms with Gasteiger partial charge in [0, 0.05) is 6.42 Å². The summed E-state index contributed by atoms with van der Waals surface area (Å²) in [6.07, 6.45) is 33.9. The first-order valence-electron chi connectivity index (χ1n) is 17.7. The summed E-state index contributed by atoms with van der Waals surface area (Å²) in [5.41, 5.74) is 0. The monoisotopic (exact) mass is 628 g/mol. The second-order valence-electron chi connectivity index (χ2n) is 11.5. The first-order chi connectivity index (χ1) is 21.9. The zero-order chi connectivity index (χ0) is 33.4. The number of unbranched alkanes of at least 4 members (excludes halogenated alkanes) is 1. The highest BCUT2D eigenvalue weighted by Crippen LogP contribution is 2.18. The number of hydrogen-bond acceptors (Lipinski definition) is 6. The van der Waals surface area contributed by atoms with Crippen LogP contribution in [0.1, 0.15) is 137 Å². The van der Waals surface area contributed by atoms with Gasteiger partial charge in [-0.05, 0) is 70.6 Å². The van der Waals surface area contributed by atoms with Crippen LogP contribution < -0.4 is 0 Å². The molecule has 0 aliphatic rings. The second kappa shape index (κ2) is 31.1. The average Bonchev–Trinajstić information content (AvgIpc) is 3.03. The summed E-state index contributed by atoms with van der Waals surface area (Å²) in [4.78, 5) is 38.0. The quantitative estimate of drug-likeness (QED) is 0.0371. The minimum atomic E-state index is -0.809. The van der Waals surface area contributed by atoms with E-state index in [1.54, 1.807) is 0 Å². The highest BCUT2D eigenvalue weighted by molar-refractivity contribution is 5.73. The van der Waals surface area contributed by atoms with Crippen molar-refractivity contribution in [1.29, 1.82) is 0 Å². The summed E-state index contributed by atoms with van der Waals surface area (Å²) in [7, 11) is 0. The molecule has 6 heteroatoms. The van der Waals surface area contributed by atoms with Gasteiger partial charge >= 0.3 is 17.9 Å². The lowest BCUT2D eigenvalue weighted by molar-refractivity contribution is -0.171. The SMILES string of the molecule is CC/C=C\C/C=C\C/C=C\C/C=C\C/C=C\CCCC(=O)OCC(COC(=O)C(CCC)CCC)OC(=O)C(CCC)CCC. The molecule has 0 rings (SSSR count). The molecule has 0 aliphatic heterocycles. The number of allylic oxidation sites excluding steroid dienone is 10. The number of carbonyl (C=O) groups excluding carboxylic acids is 3. The maximum atomic E-state index is 12.9. The van der Waals surface area contributed by atoms with Crippen LogP contribution in [-0.4, -0.2) is 37.2 Å². The Bertz CT molecular complexity index is 885. The van der Waals surface area contributed by atoms with Gasteiger partial charge in [0.15, 0.2) is 6.10 Å². The molecule has 0 saturated carbocycles. The molecule has 0 spiro atoms. The van der Waals surface area contributed by atoms with Crippen LogP contribution in [0.15, 0.2) is 60.8 Å². The van der Waals surface area contributed by atoms with Gasteiger partial charge in [0.1, 0.15) is 13.2 Å². The van der Waals surface area contributed by atoms with Crippen LogP contribution in [-0.2, 0) is 28.6 Å². The Hall–Kier alpha value is -2.89. The third-order valence-electron chi connectivity index (χ3n) is 7.25. The van der Waals surface area contributed by atoms with Crippen molar-refractivity contribution in [3.05, 3.63) is 60.8 Å². The lowest BCUT2D eigenvalue weighted by Gasteiger charge is -2.22. The fourth-order valence-corrected chi connectivity index (χ4v) is 4.81. The van der Waals surface area contributed by atoms with Crippen molar-refractivity contribution >= 4 is 17.9 Å². The van der Waals surface area contributed by atoms with E-state index in [0.29, 0.717) is 6.42 Å². The molecule has 45 heavy (non-hydrogen) atoms. The largest absolute Gasteiger partial charge is 0.462 e. The standard InChI is InChI=1S/C39H64O6/c1-6-11-12-13-14-15-16-17-18-19-20-21-22-23-24-25-26-31-37(40)43-32-36(45-39(42)35(29-9-4)30-10-5)33-44-38(41)34(27-7-2)28-8-3/h11-12,14-15,17-18,20-21,23-24,34-36H,6-10,13,16,19,22,25-33H2,1-5H3/b12-11-,15-14-,18-17-,21-20-,24-23-. The zero-order valence-corrected chi connectivity index (χ0v) is 29.2. The molecule has 256 valence electrons. The van der Waals surface area contributed by atoms with Crippen molar-refractivity contribution in [2.45, 2.75) is 143 Å². The molecule has 0 amide bonds. The van der Waals surface area contributed by atoms with Gasteiger partial charge in [-0.1, -0.05) is 121 Å². The summed E-state index contributed by atoms with van der Waals surface area (Å²) in [5.74, 6) is -1.30. The van der Waals surface area contributed by atoms with E-state index in [2.05, 4.69) is 67.7 Å². The van der Waals surface area contributed by atoms with Crippen molar-refractivity contribution in [3.63, 3.8) is 0 Å². The Kier molecular flexibility index (Phi) is 29.1. The van der Waals surface area contributed by atoms with Gasteiger partial charge in [0.25, 0.3) is 0 Å². The first kappa shape index (κ1) is 42.1. The van der Waals surface area contributed by atoms with Crippen molar-refractivity contribution in [2.75, 3.05) is 13.2 Å². The first-order valence-corrected chi connectivity index (χ1v) is 17.7. The van der Waals surface area contributed by atoms with E-state index in [4.69, 9.17) is 14.2 Å². The van der Waals surface area contributed by atoms with Crippen LogP contribution in [0.25, 0.3) is 0 Å². The molecule has 0 bridgehead atoms. The lowest BCUT2D eigenvalue weighted by atomic mass is 9.98. The van der Waals surface area contributed by atoms with E-state index in [1.165, 1.54) is 0 Å². The number of ether oxygens (including phenoxy) is 3. The van der Waals surface area contributed by atoms with Crippen LogP contribution in [0.4, 0.5) is 0 Å². The van der Waals surface area contributed by atoms with Crippen LogP contribution in [0, 0.1) is 11.8 Å². The zero-order valence-electron chi connectivity index (χ0n) is 29.2. The molecule has 0 aromatic carbocycles. The summed E-state index contributed by atoms with van der Waals surface area (Å²) in [6.45, 7) is 10.1. The molecule has 0 fully saturated rings. The Morgan fingerprint density at radius 1 is 0.533 bits per heavy atom. The molecule has 1 atom stereocenters. The van der Waals surface area contributed by atoms with Gasteiger partial charge in [-0.3, -0.25) is 14.4 Å². The number of hydrogen-bond donors (Lipinski definition) is 0. The maximum Gasteiger partial charge on any atom is 0.309 e. The topological polar surface area (TPSA) is 78.9 Å². The fourth-order valence-electron chi connectivity index (χ4n) is 4.81.